The molecule has 1 aromatic rings. The number of hydrogen-bond acceptors (Lipinski definition) is 2. The predicted octanol–water partition coefficient (Wildman–Crippen LogP) is 2.28. The van der Waals surface area contributed by atoms with E-state index in [9.17, 15) is 13.2 Å². The zero-order valence-electron chi connectivity index (χ0n) is 7.75. The fourth-order valence-electron chi connectivity index (χ4n) is 0.992. The number of hydrazine groups is 1. The second-order valence-corrected chi connectivity index (χ2v) is 3.70. The fraction of sp³-hybridized carbons (Fsp3) is 0.125. The van der Waals surface area contributed by atoms with E-state index < -0.39 is 11.7 Å². The van der Waals surface area contributed by atoms with E-state index in [1.54, 1.807) is 0 Å². The Morgan fingerprint density at radius 2 is 1.94 bits per heavy atom. The summed E-state index contributed by atoms with van der Waals surface area (Å²) in [6, 6.07) is 2.71. The molecular formula is C8H7ClF3N3S. The summed E-state index contributed by atoms with van der Waals surface area (Å²) in [5.41, 5.74) is 4.22. The lowest BCUT2D eigenvalue weighted by molar-refractivity contribution is -0.137. The first-order valence-corrected chi connectivity index (χ1v) is 4.73. The fourth-order valence-corrected chi connectivity index (χ4v) is 1.30. The molecule has 0 aliphatic heterocycles. The molecule has 0 heterocycles. The number of anilines is 1. The number of alkyl halides is 3. The number of hydrogen-bond donors (Lipinski definition) is 2. The minimum Gasteiger partial charge on any atom is -0.375 e. The quantitative estimate of drug-likeness (QED) is 0.467. The summed E-state index contributed by atoms with van der Waals surface area (Å²) in [6.45, 7) is 0. The van der Waals surface area contributed by atoms with Crippen LogP contribution in [0.3, 0.4) is 0 Å². The molecule has 0 aliphatic rings. The Labute approximate surface area is 99.7 Å². The van der Waals surface area contributed by atoms with Crippen molar-refractivity contribution in [2.24, 2.45) is 11.6 Å². The Morgan fingerprint density at radius 3 is 2.38 bits per heavy atom. The van der Waals surface area contributed by atoms with Crippen molar-refractivity contribution in [3.8, 4) is 0 Å². The number of thiocarbonyl (C=S) groups is 1. The van der Waals surface area contributed by atoms with Crippen LogP contribution in [0.5, 0.6) is 0 Å². The van der Waals surface area contributed by atoms with Gasteiger partial charge in [0.2, 0.25) is 0 Å². The molecule has 8 heteroatoms. The molecule has 3 nitrogen and oxygen atoms in total. The Kier molecular flexibility index (Phi) is 3.61. The maximum absolute atomic E-state index is 12.4. The number of halogens is 4. The average Bonchev–Trinajstić information content (AvgIpc) is 2.15. The lowest BCUT2D eigenvalue weighted by Gasteiger charge is -2.19. The summed E-state index contributed by atoms with van der Waals surface area (Å²) in [6.07, 6.45) is -4.48. The second kappa shape index (κ2) is 4.44. The monoisotopic (exact) mass is 269 g/mol. The first-order chi connectivity index (χ1) is 7.23. The van der Waals surface area contributed by atoms with E-state index in [2.05, 4.69) is 12.2 Å². The van der Waals surface area contributed by atoms with Crippen molar-refractivity contribution < 1.29 is 13.2 Å². The maximum atomic E-state index is 12.4. The zero-order chi connectivity index (χ0) is 12.5. The Balaban J connectivity index is 3.24. The van der Waals surface area contributed by atoms with Crippen LogP contribution in [0.25, 0.3) is 0 Å². The highest BCUT2D eigenvalue weighted by atomic mass is 35.5. The van der Waals surface area contributed by atoms with E-state index in [-0.39, 0.29) is 15.8 Å². The van der Waals surface area contributed by atoms with Crippen LogP contribution in [0, 0.1) is 0 Å². The molecule has 0 fully saturated rings. The highest BCUT2D eigenvalue weighted by Gasteiger charge is 2.31. The van der Waals surface area contributed by atoms with Crippen molar-refractivity contribution in [3.63, 3.8) is 0 Å². The van der Waals surface area contributed by atoms with E-state index >= 15 is 0 Å². The van der Waals surface area contributed by atoms with Gasteiger partial charge in [0.05, 0.1) is 16.3 Å². The van der Waals surface area contributed by atoms with Gasteiger partial charge in [-0.05, 0) is 30.4 Å². The molecule has 0 atom stereocenters. The van der Waals surface area contributed by atoms with Gasteiger partial charge in [-0.15, -0.1) is 0 Å². The van der Waals surface area contributed by atoms with Gasteiger partial charge in [0.1, 0.15) is 0 Å². The van der Waals surface area contributed by atoms with Crippen LogP contribution in [0.2, 0.25) is 5.02 Å². The van der Waals surface area contributed by atoms with E-state index in [1.807, 2.05) is 0 Å². The number of benzene rings is 1. The molecular weight excluding hydrogens is 263 g/mol. The van der Waals surface area contributed by atoms with Crippen molar-refractivity contribution in [2.75, 3.05) is 5.01 Å². The summed E-state index contributed by atoms with van der Waals surface area (Å²) < 4.78 is 37.2. The van der Waals surface area contributed by atoms with E-state index in [0.717, 1.165) is 18.2 Å². The molecule has 0 unspecified atom stereocenters. The Hall–Kier alpha value is -1.05. The Bertz CT molecular complexity index is 421. The van der Waals surface area contributed by atoms with Gasteiger partial charge in [0, 0.05) is 0 Å². The van der Waals surface area contributed by atoms with Crippen LogP contribution in [-0.2, 0) is 6.18 Å². The Morgan fingerprint density at radius 1 is 1.38 bits per heavy atom. The number of rotatable bonds is 1. The van der Waals surface area contributed by atoms with Crippen LogP contribution in [0.4, 0.5) is 18.9 Å². The lowest BCUT2D eigenvalue weighted by Crippen LogP contribution is -2.41. The van der Waals surface area contributed by atoms with Crippen LogP contribution in [-0.4, -0.2) is 5.11 Å². The first kappa shape index (κ1) is 13.0. The van der Waals surface area contributed by atoms with Gasteiger partial charge in [0.15, 0.2) is 5.11 Å². The molecule has 16 heavy (non-hydrogen) atoms. The largest absolute Gasteiger partial charge is 0.416 e. The van der Waals surface area contributed by atoms with Crippen molar-refractivity contribution in [1.82, 2.24) is 0 Å². The van der Waals surface area contributed by atoms with E-state index in [0.29, 0.717) is 5.01 Å². The molecule has 0 saturated carbocycles. The minimum absolute atomic E-state index is 0.0308. The molecule has 1 rings (SSSR count). The molecule has 0 aliphatic carbocycles. The predicted molar refractivity (Wildman–Crippen MR) is 59.9 cm³/mol. The van der Waals surface area contributed by atoms with Crippen LogP contribution in [0.1, 0.15) is 5.56 Å². The maximum Gasteiger partial charge on any atom is 0.416 e. The summed E-state index contributed by atoms with van der Waals surface area (Å²) >= 11 is 10.2. The third-order valence-corrected chi connectivity index (χ3v) is 2.29. The van der Waals surface area contributed by atoms with Crippen molar-refractivity contribution >= 4 is 34.6 Å². The van der Waals surface area contributed by atoms with Crippen LogP contribution >= 0.6 is 23.8 Å². The normalized spacial score (nSPS) is 11.3. The second-order valence-electron chi connectivity index (χ2n) is 2.87. The van der Waals surface area contributed by atoms with Crippen LogP contribution < -0.4 is 16.6 Å². The van der Waals surface area contributed by atoms with Gasteiger partial charge in [-0.2, -0.15) is 13.2 Å². The number of nitrogens with zero attached hydrogens (tertiary/aromatic N) is 1. The third-order valence-electron chi connectivity index (χ3n) is 1.77. The van der Waals surface area contributed by atoms with Gasteiger partial charge in [-0.3, -0.25) is 5.01 Å². The molecule has 0 saturated heterocycles. The molecule has 0 bridgehead atoms. The summed E-state index contributed by atoms with van der Waals surface area (Å²) in [5.74, 6) is 5.37. The number of nitrogens with two attached hydrogens (primary N) is 2. The van der Waals surface area contributed by atoms with Crippen molar-refractivity contribution in [2.45, 2.75) is 6.18 Å². The van der Waals surface area contributed by atoms with Gasteiger partial charge >= 0.3 is 6.18 Å². The van der Waals surface area contributed by atoms with Crippen LogP contribution in [0.15, 0.2) is 18.2 Å². The van der Waals surface area contributed by atoms with Gasteiger partial charge in [-0.1, -0.05) is 11.6 Å². The van der Waals surface area contributed by atoms with Crippen molar-refractivity contribution in [1.29, 1.82) is 0 Å². The smallest absolute Gasteiger partial charge is 0.375 e. The highest BCUT2D eigenvalue weighted by molar-refractivity contribution is 7.80. The topological polar surface area (TPSA) is 55.3 Å². The summed E-state index contributed by atoms with van der Waals surface area (Å²) in [7, 11) is 0. The van der Waals surface area contributed by atoms with E-state index in [1.165, 1.54) is 0 Å². The first-order valence-electron chi connectivity index (χ1n) is 3.94. The zero-order valence-corrected chi connectivity index (χ0v) is 9.33. The molecule has 0 aromatic heterocycles. The molecule has 0 radical (unpaired) electrons. The molecule has 0 amide bonds. The standard InChI is InChI=1S/C8H7ClF3N3S/c9-5-2-1-4(8(10,11)12)3-6(5)15(14)7(13)16/h1-3H,14H2,(H2,13,16). The van der Waals surface area contributed by atoms with Gasteiger partial charge in [-0.25, -0.2) is 5.84 Å². The van der Waals surface area contributed by atoms with Crippen molar-refractivity contribution in [3.05, 3.63) is 28.8 Å². The minimum atomic E-state index is -4.48. The SMILES string of the molecule is NC(=S)N(N)c1cc(C(F)(F)F)ccc1Cl. The third kappa shape index (κ3) is 2.75. The molecule has 0 spiro atoms. The summed E-state index contributed by atoms with van der Waals surface area (Å²) in [5, 5.41) is 0.469. The highest BCUT2D eigenvalue weighted by Crippen LogP contribution is 2.34. The molecule has 88 valence electrons. The molecule has 1 aromatic carbocycles. The van der Waals surface area contributed by atoms with E-state index in [4.69, 9.17) is 23.2 Å². The van der Waals surface area contributed by atoms with Gasteiger partial charge < -0.3 is 5.73 Å². The molecule has 4 N–H and O–H groups in total. The summed E-state index contributed by atoms with van der Waals surface area (Å²) in [4.78, 5) is 0. The lowest BCUT2D eigenvalue weighted by atomic mass is 10.2. The average molecular weight is 270 g/mol. The van der Waals surface area contributed by atoms with Gasteiger partial charge in [0.25, 0.3) is 0 Å².